The van der Waals surface area contributed by atoms with Gasteiger partial charge in [0.1, 0.15) is 0 Å². The maximum absolute atomic E-state index is 12.8. The molecular formula is C21H22N2O. The number of nitrogens with zero attached hydrogens (tertiary/aromatic N) is 2. The van der Waals surface area contributed by atoms with Crippen LogP contribution in [0.15, 0.2) is 48.5 Å². The van der Waals surface area contributed by atoms with Crippen molar-refractivity contribution in [3.63, 3.8) is 0 Å². The van der Waals surface area contributed by atoms with Crippen LogP contribution in [0, 0.1) is 11.3 Å². The van der Waals surface area contributed by atoms with Gasteiger partial charge in [0.15, 0.2) is 0 Å². The zero-order chi connectivity index (χ0) is 17.1. The fraction of sp³-hybridized carbons (Fsp3) is 0.333. The van der Waals surface area contributed by atoms with Crippen LogP contribution >= 0.6 is 0 Å². The molecule has 2 aromatic rings. The van der Waals surface area contributed by atoms with Gasteiger partial charge in [0, 0.05) is 18.2 Å². The van der Waals surface area contributed by atoms with Crippen molar-refractivity contribution in [2.45, 2.75) is 45.2 Å². The van der Waals surface area contributed by atoms with Crippen LogP contribution in [0.5, 0.6) is 0 Å². The Kier molecular flexibility index (Phi) is 4.66. The number of nitriles is 1. The van der Waals surface area contributed by atoms with Crippen LogP contribution < -0.4 is 0 Å². The summed E-state index contributed by atoms with van der Waals surface area (Å²) < 4.78 is 0. The van der Waals surface area contributed by atoms with E-state index in [1.165, 1.54) is 5.56 Å². The van der Waals surface area contributed by atoms with Crippen LogP contribution in [-0.2, 0) is 6.54 Å². The van der Waals surface area contributed by atoms with Gasteiger partial charge >= 0.3 is 0 Å². The standard InChI is InChI=1S/C21H22N2O/c1-15(2)18-7-5-17(6-8-18)14-23(20-11-12-20)21(24)19-9-3-16(13-22)4-10-19/h3-10,15,20H,11-12,14H2,1-2H3. The third-order valence-corrected chi connectivity index (χ3v) is 4.51. The smallest absolute Gasteiger partial charge is 0.254 e. The second-order valence-electron chi connectivity index (χ2n) is 6.75. The third kappa shape index (κ3) is 3.65. The van der Waals surface area contributed by atoms with Gasteiger partial charge in [-0.1, -0.05) is 38.1 Å². The Morgan fingerprint density at radius 2 is 1.75 bits per heavy atom. The van der Waals surface area contributed by atoms with Crippen molar-refractivity contribution in [2.75, 3.05) is 0 Å². The highest BCUT2D eigenvalue weighted by molar-refractivity contribution is 5.94. The monoisotopic (exact) mass is 318 g/mol. The summed E-state index contributed by atoms with van der Waals surface area (Å²) in [6.45, 7) is 5.00. The maximum atomic E-state index is 12.8. The Bertz CT molecular complexity index is 750. The SMILES string of the molecule is CC(C)c1ccc(CN(C(=O)c2ccc(C#N)cc2)C2CC2)cc1. The van der Waals surface area contributed by atoms with Crippen molar-refractivity contribution >= 4 is 5.91 Å². The first-order valence-corrected chi connectivity index (χ1v) is 8.48. The van der Waals surface area contributed by atoms with Gasteiger partial charge in [0.25, 0.3) is 5.91 Å². The van der Waals surface area contributed by atoms with Crippen molar-refractivity contribution in [1.82, 2.24) is 4.90 Å². The molecule has 1 aliphatic rings. The number of hydrogen-bond donors (Lipinski definition) is 0. The van der Waals surface area contributed by atoms with Crippen LogP contribution in [0.3, 0.4) is 0 Å². The fourth-order valence-corrected chi connectivity index (χ4v) is 2.81. The zero-order valence-electron chi connectivity index (χ0n) is 14.2. The predicted molar refractivity (Wildman–Crippen MR) is 94.6 cm³/mol. The molecule has 0 aromatic heterocycles. The van der Waals surface area contributed by atoms with Crippen molar-refractivity contribution < 1.29 is 4.79 Å². The van der Waals surface area contributed by atoms with Gasteiger partial charge in [0.05, 0.1) is 11.6 Å². The molecule has 3 nitrogen and oxygen atoms in total. The summed E-state index contributed by atoms with van der Waals surface area (Å²) in [6, 6.07) is 17.9. The molecule has 1 aliphatic carbocycles. The lowest BCUT2D eigenvalue weighted by Crippen LogP contribution is -2.32. The molecule has 122 valence electrons. The molecule has 3 rings (SSSR count). The Morgan fingerprint density at radius 1 is 1.12 bits per heavy atom. The van der Waals surface area contributed by atoms with E-state index in [2.05, 4.69) is 44.2 Å². The van der Waals surface area contributed by atoms with E-state index in [1.54, 1.807) is 24.3 Å². The lowest BCUT2D eigenvalue weighted by Gasteiger charge is -2.23. The first-order valence-electron chi connectivity index (χ1n) is 8.48. The van der Waals surface area contributed by atoms with Gasteiger partial charge in [-0.05, 0) is 54.2 Å². The topological polar surface area (TPSA) is 44.1 Å². The molecule has 1 amide bonds. The molecule has 0 radical (unpaired) electrons. The Balaban J connectivity index is 1.76. The van der Waals surface area contributed by atoms with E-state index in [1.807, 2.05) is 4.90 Å². The van der Waals surface area contributed by atoms with Crippen LogP contribution in [0.4, 0.5) is 0 Å². The molecule has 3 heteroatoms. The summed E-state index contributed by atoms with van der Waals surface area (Å²) in [5.74, 6) is 0.564. The van der Waals surface area contributed by atoms with E-state index in [4.69, 9.17) is 5.26 Å². The number of carbonyl (C=O) groups is 1. The van der Waals surface area contributed by atoms with E-state index >= 15 is 0 Å². The highest BCUT2D eigenvalue weighted by atomic mass is 16.2. The first-order chi connectivity index (χ1) is 11.6. The van der Waals surface area contributed by atoms with E-state index in [9.17, 15) is 4.79 Å². The zero-order valence-corrected chi connectivity index (χ0v) is 14.2. The van der Waals surface area contributed by atoms with Crippen molar-refractivity contribution in [1.29, 1.82) is 5.26 Å². The van der Waals surface area contributed by atoms with Gasteiger partial charge in [-0.25, -0.2) is 0 Å². The molecule has 1 saturated carbocycles. The number of carbonyl (C=O) groups excluding carboxylic acids is 1. The fourth-order valence-electron chi connectivity index (χ4n) is 2.81. The lowest BCUT2D eigenvalue weighted by atomic mass is 10.0. The minimum atomic E-state index is 0.0509. The van der Waals surface area contributed by atoms with Gasteiger partial charge in [-0.2, -0.15) is 5.26 Å². The van der Waals surface area contributed by atoms with Crippen LogP contribution in [0.25, 0.3) is 0 Å². The van der Waals surface area contributed by atoms with E-state index in [0.717, 1.165) is 18.4 Å². The van der Waals surface area contributed by atoms with Crippen LogP contribution in [-0.4, -0.2) is 16.8 Å². The minimum Gasteiger partial charge on any atom is -0.331 e. The molecule has 0 saturated heterocycles. The van der Waals surface area contributed by atoms with Crippen LogP contribution in [0.1, 0.15) is 59.7 Å². The maximum Gasteiger partial charge on any atom is 0.254 e. The highest BCUT2D eigenvalue weighted by Crippen LogP contribution is 2.30. The second-order valence-corrected chi connectivity index (χ2v) is 6.75. The molecular weight excluding hydrogens is 296 g/mol. The van der Waals surface area contributed by atoms with E-state index in [0.29, 0.717) is 29.6 Å². The molecule has 0 spiro atoms. The molecule has 24 heavy (non-hydrogen) atoms. The normalized spacial score (nSPS) is 13.6. The molecule has 1 fully saturated rings. The molecule has 0 heterocycles. The third-order valence-electron chi connectivity index (χ3n) is 4.51. The minimum absolute atomic E-state index is 0.0509. The Hall–Kier alpha value is -2.60. The predicted octanol–water partition coefficient (Wildman–Crippen LogP) is 4.49. The Morgan fingerprint density at radius 3 is 2.25 bits per heavy atom. The van der Waals surface area contributed by atoms with Gasteiger partial charge < -0.3 is 4.90 Å². The summed E-state index contributed by atoms with van der Waals surface area (Å²) in [5, 5.41) is 8.89. The summed E-state index contributed by atoms with van der Waals surface area (Å²) >= 11 is 0. The highest BCUT2D eigenvalue weighted by Gasteiger charge is 2.33. The molecule has 0 bridgehead atoms. The van der Waals surface area contributed by atoms with Crippen molar-refractivity contribution in [3.8, 4) is 6.07 Å². The van der Waals surface area contributed by atoms with Crippen molar-refractivity contribution in [2.24, 2.45) is 0 Å². The van der Waals surface area contributed by atoms with E-state index in [-0.39, 0.29) is 5.91 Å². The summed E-state index contributed by atoms with van der Waals surface area (Å²) in [6.07, 6.45) is 2.15. The summed E-state index contributed by atoms with van der Waals surface area (Å²) in [4.78, 5) is 14.8. The quantitative estimate of drug-likeness (QED) is 0.815. The number of benzene rings is 2. The lowest BCUT2D eigenvalue weighted by molar-refractivity contribution is 0.0730. The molecule has 0 N–H and O–H groups in total. The van der Waals surface area contributed by atoms with Gasteiger partial charge in [0.2, 0.25) is 0 Å². The summed E-state index contributed by atoms with van der Waals surface area (Å²) in [7, 11) is 0. The van der Waals surface area contributed by atoms with Crippen molar-refractivity contribution in [3.05, 3.63) is 70.8 Å². The Labute approximate surface area is 143 Å². The number of rotatable bonds is 5. The van der Waals surface area contributed by atoms with Gasteiger partial charge in [-0.15, -0.1) is 0 Å². The van der Waals surface area contributed by atoms with E-state index < -0.39 is 0 Å². The second kappa shape index (κ2) is 6.88. The molecule has 0 unspecified atom stereocenters. The number of hydrogen-bond acceptors (Lipinski definition) is 2. The van der Waals surface area contributed by atoms with Gasteiger partial charge in [-0.3, -0.25) is 4.79 Å². The average molecular weight is 318 g/mol. The molecule has 0 atom stereocenters. The summed E-state index contributed by atoms with van der Waals surface area (Å²) in [5.41, 5.74) is 3.71. The average Bonchev–Trinajstić information content (AvgIpc) is 3.44. The first kappa shape index (κ1) is 16.3. The molecule has 0 aliphatic heterocycles. The van der Waals surface area contributed by atoms with Crippen LogP contribution in [0.2, 0.25) is 0 Å². The number of amides is 1. The molecule has 2 aromatic carbocycles. The largest absolute Gasteiger partial charge is 0.331 e.